The van der Waals surface area contributed by atoms with Crippen LogP contribution in [0.3, 0.4) is 0 Å². The summed E-state index contributed by atoms with van der Waals surface area (Å²) in [7, 11) is 0. The van der Waals surface area contributed by atoms with Gasteiger partial charge in [0.1, 0.15) is 0 Å². The second-order valence-electron chi connectivity index (χ2n) is 5.27. The van der Waals surface area contributed by atoms with Crippen LogP contribution < -0.4 is 0 Å². The van der Waals surface area contributed by atoms with Gasteiger partial charge in [0, 0.05) is 5.88 Å². The molecule has 0 aliphatic rings. The number of hydrogen-bond donors (Lipinski definition) is 0. The van der Waals surface area contributed by atoms with E-state index < -0.39 is 0 Å². The number of rotatable bonds is 14. The van der Waals surface area contributed by atoms with Gasteiger partial charge < -0.3 is 0 Å². The summed E-state index contributed by atoms with van der Waals surface area (Å²) in [6.07, 6.45) is 27.4. The molecule has 0 saturated carbocycles. The Labute approximate surface area is 132 Å². The summed E-state index contributed by atoms with van der Waals surface area (Å²) in [6.45, 7) is 2.25. The molecule has 0 radical (unpaired) electrons. The maximum atomic E-state index is 5.64. The molecule has 116 valence electrons. The van der Waals surface area contributed by atoms with E-state index in [1.165, 1.54) is 57.8 Å². The van der Waals surface area contributed by atoms with Crippen molar-refractivity contribution < 1.29 is 0 Å². The molecule has 0 aromatic rings. The second kappa shape index (κ2) is 18.5. The maximum absolute atomic E-state index is 5.64. The molecular weight excluding hydrogens is 264 g/mol. The first kappa shape index (κ1) is 19.5. The normalized spacial score (nSPS) is 12.3. The van der Waals surface area contributed by atoms with E-state index in [-0.39, 0.29) is 0 Å². The van der Waals surface area contributed by atoms with E-state index in [2.05, 4.69) is 43.4 Å². The first-order valence-corrected chi connectivity index (χ1v) is 8.96. The molecule has 0 aromatic carbocycles. The van der Waals surface area contributed by atoms with Gasteiger partial charge in [0.2, 0.25) is 0 Å². The number of hydrogen-bond acceptors (Lipinski definition) is 0. The fraction of sp³-hybridized carbons (Fsp3) is 0.684. The molecule has 0 aliphatic carbocycles. The van der Waals surface area contributed by atoms with Gasteiger partial charge >= 0.3 is 0 Å². The van der Waals surface area contributed by atoms with Crippen LogP contribution in [0.25, 0.3) is 0 Å². The molecule has 0 amide bonds. The summed E-state index contributed by atoms with van der Waals surface area (Å²) >= 11 is 5.64. The summed E-state index contributed by atoms with van der Waals surface area (Å²) in [5.74, 6) is 0.813. The highest BCUT2D eigenvalue weighted by atomic mass is 35.5. The highest BCUT2D eigenvalue weighted by Crippen LogP contribution is 2.05. The first-order valence-electron chi connectivity index (χ1n) is 8.42. The van der Waals surface area contributed by atoms with Crippen LogP contribution in [0.1, 0.15) is 77.6 Å². The smallest absolute Gasteiger partial charge is 0.0223 e. The highest BCUT2D eigenvalue weighted by molar-refractivity contribution is 6.17. The average Bonchev–Trinajstić information content (AvgIpc) is 2.47. The van der Waals surface area contributed by atoms with Crippen molar-refractivity contribution in [2.75, 3.05) is 5.88 Å². The van der Waals surface area contributed by atoms with Crippen molar-refractivity contribution in [3.63, 3.8) is 0 Å². The third-order valence-corrected chi connectivity index (χ3v) is 3.54. The standard InChI is InChI=1S/C19H33Cl/c1-2-3-4-5-6-7-8-9-10-11-12-13-14-15-16-17-18-19-20/h6-7,9-10,12-13H,2-5,8,11,14-19H2,1H3/b7-6-,10-9-,13-12-. The van der Waals surface area contributed by atoms with Crippen molar-refractivity contribution in [2.24, 2.45) is 0 Å². The molecule has 0 aromatic heterocycles. The molecule has 20 heavy (non-hydrogen) atoms. The minimum atomic E-state index is 0.813. The van der Waals surface area contributed by atoms with Crippen LogP contribution in [0, 0.1) is 0 Å². The molecule has 0 N–H and O–H groups in total. The zero-order chi connectivity index (χ0) is 14.7. The van der Waals surface area contributed by atoms with E-state index in [4.69, 9.17) is 11.6 Å². The van der Waals surface area contributed by atoms with Gasteiger partial charge in [-0.05, 0) is 44.9 Å². The Hall–Kier alpha value is -0.490. The van der Waals surface area contributed by atoms with Gasteiger partial charge in [0.15, 0.2) is 0 Å². The molecule has 0 saturated heterocycles. The van der Waals surface area contributed by atoms with Crippen LogP contribution in [-0.2, 0) is 0 Å². The zero-order valence-electron chi connectivity index (χ0n) is 13.3. The third-order valence-electron chi connectivity index (χ3n) is 3.27. The van der Waals surface area contributed by atoms with E-state index in [0.29, 0.717) is 0 Å². The van der Waals surface area contributed by atoms with Crippen LogP contribution >= 0.6 is 11.6 Å². The Bertz CT molecular complexity index is 250. The first-order chi connectivity index (χ1) is 9.91. The topological polar surface area (TPSA) is 0 Å². The molecule has 1 heteroatoms. The molecule has 0 aliphatic heterocycles. The number of alkyl halides is 1. The molecular formula is C19H33Cl. The third kappa shape index (κ3) is 17.5. The molecule has 0 rings (SSSR count). The molecule has 0 unspecified atom stereocenters. The van der Waals surface area contributed by atoms with Crippen molar-refractivity contribution in [3.05, 3.63) is 36.5 Å². The SMILES string of the molecule is CCCCC/C=C\C/C=C\C/C=C\CCCCCCCl. The average molecular weight is 297 g/mol. The van der Waals surface area contributed by atoms with Crippen LogP contribution in [-0.4, -0.2) is 5.88 Å². The minimum Gasteiger partial charge on any atom is -0.127 e. The lowest BCUT2D eigenvalue weighted by Gasteiger charge is -1.95. The van der Waals surface area contributed by atoms with Gasteiger partial charge in [-0.25, -0.2) is 0 Å². The lowest BCUT2D eigenvalue weighted by molar-refractivity contribution is 0.676. The Morgan fingerprint density at radius 1 is 0.600 bits per heavy atom. The van der Waals surface area contributed by atoms with Gasteiger partial charge in [-0.1, -0.05) is 69.1 Å². The molecule has 0 nitrogen and oxygen atoms in total. The lowest BCUT2D eigenvalue weighted by Crippen LogP contribution is -1.77. The molecule has 0 bridgehead atoms. The van der Waals surface area contributed by atoms with E-state index in [0.717, 1.165) is 18.7 Å². The summed E-state index contributed by atoms with van der Waals surface area (Å²) in [5.41, 5.74) is 0. The minimum absolute atomic E-state index is 0.813. The van der Waals surface area contributed by atoms with Crippen LogP contribution in [0.5, 0.6) is 0 Å². The Kier molecular flexibility index (Phi) is 18.1. The predicted octanol–water partition coefficient (Wildman–Crippen LogP) is 7.20. The number of halogens is 1. The van der Waals surface area contributed by atoms with Crippen molar-refractivity contribution >= 4 is 11.6 Å². The summed E-state index contributed by atoms with van der Waals surface area (Å²) < 4.78 is 0. The second-order valence-corrected chi connectivity index (χ2v) is 5.65. The van der Waals surface area contributed by atoms with Crippen molar-refractivity contribution in [1.29, 1.82) is 0 Å². The van der Waals surface area contributed by atoms with E-state index in [1.807, 2.05) is 0 Å². The van der Waals surface area contributed by atoms with Crippen molar-refractivity contribution in [1.82, 2.24) is 0 Å². The largest absolute Gasteiger partial charge is 0.127 e. The summed E-state index contributed by atoms with van der Waals surface area (Å²) in [6, 6.07) is 0. The van der Waals surface area contributed by atoms with Crippen LogP contribution in [0.2, 0.25) is 0 Å². The van der Waals surface area contributed by atoms with Crippen molar-refractivity contribution in [3.8, 4) is 0 Å². The Morgan fingerprint density at radius 3 is 1.65 bits per heavy atom. The number of allylic oxidation sites excluding steroid dienone is 6. The van der Waals surface area contributed by atoms with Crippen molar-refractivity contribution in [2.45, 2.75) is 77.6 Å². The van der Waals surface area contributed by atoms with Gasteiger partial charge in [0.25, 0.3) is 0 Å². The molecule has 0 heterocycles. The van der Waals surface area contributed by atoms with E-state index in [1.54, 1.807) is 0 Å². The van der Waals surface area contributed by atoms with Gasteiger partial charge in [-0.3, -0.25) is 0 Å². The Balaban J connectivity index is 3.25. The highest BCUT2D eigenvalue weighted by Gasteiger charge is 1.86. The predicted molar refractivity (Wildman–Crippen MR) is 94.6 cm³/mol. The zero-order valence-corrected chi connectivity index (χ0v) is 14.1. The fourth-order valence-electron chi connectivity index (χ4n) is 2.00. The molecule has 0 atom stereocenters. The van der Waals surface area contributed by atoms with E-state index in [9.17, 15) is 0 Å². The fourth-order valence-corrected chi connectivity index (χ4v) is 2.19. The van der Waals surface area contributed by atoms with E-state index >= 15 is 0 Å². The Morgan fingerprint density at radius 2 is 1.10 bits per heavy atom. The molecule has 0 fully saturated rings. The van der Waals surface area contributed by atoms with Gasteiger partial charge in [0.05, 0.1) is 0 Å². The summed E-state index contributed by atoms with van der Waals surface area (Å²) in [5, 5.41) is 0. The lowest BCUT2D eigenvalue weighted by atomic mass is 10.1. The van der Waals surface area contributed by atoms with Crippen LogP contribution in [0.4, 0.5) is 0 Å². The van der Waals surface area contributed by atoms with Gasteiger partial charge in [-0.15, -0.1) is 11.6 Å². The molecule has 0 spiro atoms. The summed E-state index contributed by atoms with van der Waals surface area (Å²) in [4.78, 5) is 0. The van der Waals surface area contributed by atoms with Gasteiger partial charge in [-0.2, -0.15) is 0 Å². The number of unbranched alkanes of at least 4 members (excludes halogenated alkanes) is 7. The monoisotopic (exact) mass is 296 g/mol. The van der Waals surface area contributed by atoms with Crippen LogP contribution in [0.15, 0.2) is 36.5 Å². The quantitative estimate of drug-likeness (QED) is 0.180. The maximum Gasteiger partial charge on any atom is 0.0223 e.